The van der Waals surface area contributed by atoms with E-state index in [1.807, 2.05) is 0 Å². The van der Waals surface area contributed by atoms with Crippen LogP contribution in [0.3, 0.4) is 0 Å². The van der Waals surface area contributed by atoms with E-state index >= 15 is 0 Å². The number of halogens is 3. The Balaban J connectivity index is 2.51. The predicted molar refractivity (Wildman–Crippen MR) is 74.3 cm³/mol. The van der Waals surface area contributed by atoms with Gasteiger partial charge in [0.25, 0.3) is 0 Å². The van der Waals surface area contributed by atoms with Crippen LogP contribution in [0.4, 0.5) is 8.78 Å². The van der Waals surface area contributed by atoms with Crippen LogP contribution in [-0.2, 0) is 0 Å². The Bertz CT molecular complexity index is 702. The highest BCUT2D eigenvalue weighted by molar-refractivity contribution is 6.33. The maximum absolute atomic E-state index is 13.7. The van der Waals surface area contributed by atoms with Gasteiger partial charge in [0.1, 0.15) is 11.6 Å². The first-order valence-electron chi connectivity index (χ1n) is 5.89. The van der Waals surface area contributed by atoms with E-state index in [0.29, 0.717) is 6.07 Å². The van der Waals surface area contributed by atoms with Gasteiger partial charge in [0.2, 0.25) is 0 Å². The van der Waals surface area contributed by atoms with Crippen molar-refractivity contribution in [2.24, 2.45) is 0 Å². The van der Waals surface area contributed by atoms with E-state index in [0.717, 1.165) is 12.1 Å². The molecule has 0 atom stereocenters. The Morgan fingerprint density at radius 3 is 2.38 bits per heavy atom. The predicted octanol–water partition coefficient (Wildman–Crippen LogP) is 3.87. The number of ketones is 1. The molecule has 0 aliphatic heterocycles. The summed E-state index contributed by atoms with van der Waals surface area (Å²) in [6, 6.07) is 5.47. The lowest BCUT2D eigenvalue weighted by atomic mass is 10.0. The summed E-state index contributed by atoms with van der Waals surface area (Å²) in [6.07, 6.45) is 0. The summed E-state index contributed by atoms with van der Waals surface area (Å²) in [5, 5.41) is 0.155. The summed E-state index contributed by atoms with van der Waals surface area (Å²) in [5.41, 5.74) is -0.136. The molecule has 0 fully saturated rings. The van der Waals surface area contributed by atoms with E-state index in [1.54, 1.807) is 0 Å². The smallest absolute Gasteiger partial charge is 0.196 e. The molecule has 0 aliphatic carbocycles. The summed E-state index contributed by atoms with van der Waals surface area (Å²) < 4.78 is 36.7. The van der Waals surface area contributed by atoms with Gasteiger partial charge in [-0.05, 0) is 24.3 Å². The molecule has 0 N–H and O–H groups in total. The zero-order chi connectivity index (χ0) is 15.6. The van der Waals surface area contributed by atoms with Crippen LogP contribution < -0.4 is 9.47 Å². The fraction of sp³-hybridized carbons (Fsp3) is 0.133. The molecule has 0 radical (unpaired) electrons. The number of ether oxygens (including phenoxy) is 2. The van der Waals surface area contributed by atoms with Crippen molar-refractivity contribution in [2.45, 2.75) is 0 Å². The third-order valence-electron chi connectivity index (χ3n) is 2.87. The van der Waals surface area contributed by atoms with Gasteiger partial charge in [-0.2, -0.15) is 0 Å². The number of carbonyl (C=O) groups is 1. The molecule has 0 spiro atoms. The second-order valence-electron chi connectivity index (χ2n) is 4.15. The highest BCUT2D eigenvalue weighted by Gasteiger charge is 2.19. The van der Waals surface area contributed by atoms with Gasteiger partial charge in [-0.1, -0.05) is 11.6 Å². The second kappa shape index (κ2) is 6.10. The summed E-state index contributed by atoms with van der Waals surface area (Å²) in [4.78, 5) is 12.3. The maximum Gasteiger partial charge on any atom is 0.196 e. The van der Waals surface area contributed by atoms with Crippen molar-refractivity contribution in [3.63, 3.8) is 0 Å². The fourth-order valence-corrected chi connectivity index (χ4v) is 2.17. The molecule has 0 amide bonds. The van der Waals surface area contributed by atoms with Crippen molar-refractivity contribution in [3.05, 3.63) is 58.1 Å². The number of carbonyl (C=O) groups excluding carboxylic acids is 1. The maximum atomic E-state index is 13.7. The van der Waals surface area contributed by atoms with Gasteiger partial charge in [0.05, 0.1) is 24.8 Å². The minimum absolute atomic E-state index is 0.114. The van der Waals surface area contributed by atoms with Gasteiger partial charge in [-0.3, -0.25) is 4.79 Å². The molecule has 3 nitrogen and oxygen atoms in total. The average molecular weight is 313 g/mol. The minimum atomic E-state index is -0.939. The third-order valence-corrected chi connectivity index (χ3v) is 3.15. The molecule has 0 heterocycles. The van der Waals surface area contributed by atoms with E-state index in [9.17, 15) is 13.6 Å². The van der Waals surface area contributed by atoms with Gasteiger partial charge in [-0.25, -0.2) is 8.78 Å². The largest absolute Gasteiger partial charge is 0.493 e. The first kappa shape index (κ1) is 15.3. The number of methoxy groups -OCH3 is 2. The molecule has 110 valence electrons. The quantitative estimate of drug-likeness (QED) is 0.804. The number of hydrogen-bond donors (Lipinski definition) is 0. The average Bonchev–Trinajstić information content (AvgIpc) is 2.45. The Labute approximate surface area is 125 Å². The van der Waals surface area contributed by atoms with Gasteiger partial charge >= 0.3 is 0 Å². The Morgan fingerprint density at radius 2 is 1.81 bits per heavy atom. The van der Waals surface area contributed by atoms with Crippen LogP contribution in [0.5, 0.6) is 11.5 Å². The Hall–Kier alpha value is -2.14. The minimum Gasteiger partial charge on any atom is -0.493 e. The van der Waals surface area contributed by atoms with Gasteiger partial charge in [-0.15, -0.1) is 0 Å². The van der Waals surface area contributed by atoms with Gasteiger partial charge in [0, 0.05) is 11.6 Å². The number of rotatable bonds is 4. The van der Waals surface area contributed by atoms with E-state index < -0.39 is 17.4 Å². The molecular weight excluding hydrogens is 302 g/mol. The Morgan fingerprint density at radius 1 is 1.10 bits per heavy atom. The lowest BCUT2D eigenvalue weighted by molar-refractivity contribution is 0.103. The highest BCUT2D eigenvalue weighted by Crippen LogP contribution is 2.36. The van der Waals surface area contributed by atoms with E-state index in [1.165, 1.54) is 26.4 Å². The van der Waals surface area contributed by atoms with Crippen molar-refractivity contribution in [1.82, 2.24) is 0 Å². The van der Waals surface area contributed by atoms with Crippen LogP contribution in [0, 0.1) is 11.6 Å². The lowest BCUT2D eigenvalue weighted by Gasteiger charge is -2.11. The molecular formula is C15H11ClF2O3. The summed E-state index contributed by atoms with van der Waals surface area (Å²) in [7, 11) is 2.80. The van der Waals surface area contributed by atoms with Crippen molar-refractivity contribution < 1.29 is 23.0 Å². The molecule has 0 saturated heterocycles. The zero-order valence-electron chi connectivity index (χ0n) is 11.2. The van der Waals surface area contributed by atoms with E-state index in [-0.39, 0.29) is 27.6 Å². The third kappa shape index (κ3) is 2.97. The molecule has 6 heteroatoms. The summed E-state index contributed by atoms with van der Waals surface area (Å²) in [6.45, 7) is 0. The van der Waals surface area contributed by atoms with Crippen molar-refractivity contribution in [2.75, 3.05) is 14.2 Å². The topological polar surface area (TPSA) is 35.5 Å². The van der Waals surface area contributed by atoms with Crippen LogP contribution in [0.1, 0.15) is 15.9 Å². The fourth-order valence-electron chi connectivity index (χ4n) is 1.88. The first-order chi connectivity index (χ1) is 9.97. The summed E-state index contributed by atoms with van der Waals surface area (Å²) >= 11 is 6.00. The van der Waals surface area contributed by atoms with Crippen molar-refractivity contribution >= 4 is 17.4 Å². The highest BCUT2D eigenvalue weighted by atomic mass is 35.5. The van der Waals surface area contributed by atoms with Crippen molar-refractivity contribution in [3.8, 4) is 11.5 Å². The number of benzene rings is 2. The van der Waals surface area contributed by atoms with Crippen LogP contribution in [0.2, 0.25) is 5.02 Å². The summed E-state index contributed by atoms with van der Waals surface area (Å²) in [5.74, 6) is -1.80. The second-order valence-corrected chi connectivity index (χ2v) is 4.55. The molecule has 2 aromatic carbocycles. The normalized spacial score (nSPS) is 10.3. The molecule has 2 rings (SSSR count). The van der Waals surface area contributed by atoms with Crippen LogP contribution in [-0.4, -0.2) is 20.0 Å². The van der Waals surface area contributed by atoms with E-state index in [2.05, 4.69) is 0 Å². The van der Waals surface area contributed by atoms with Crippen LogP contribution >= 0.6 is 11.6 Å². The van der Waals surface area contributed by atoms with E-state index in [4.69, 9.17) is 21.1 Å². The molecule has 0 aliphatic rings. The standard InChI is InChI=1S/C15H11ClF2O3/c1-20-13-6-8(5-11(16)15(13)21-2)14(19)10-4-3-9(17)7-12(10)18/h3-7H,1-2H3. The molecule has 0 saturated carbocycles. The number of hydrogen-bond acceptors (Lipinski definition) is 3. The molecule has 21 heavy (non-hydrogen) atoms. The molecule has 0 bridgehead atoms. The van der Waals surface area contributed by atoms with Gasteiger partial charge in [0.15, 0.2) is 17.3 Å². The molecule has 2 aromatic rings. The van der Waals surface area contributed by atoms with Gasteiger partial charge < -0.3 is 9.47 Å². The lowest BCUT2D eigenvalue weighted by Crippen LogP contribution is -2.06. The van der Waals surface area contributed by atoms with Crippen LogP contribution in [0.15, 0.2) is 30.3 Å². The zero-order valence-corrected chi connectivity index (χ0v) is 12.0. The SMILES string of the molecule is COc1cc(C(=O)c2ccc(F)cc2F)cc(Cl)c1OC. The Kier molecular flexibility index (Phi) is 4.43. The molecule has 0 aromatic heterocycles. The molecule has 0 unspecified atom stereocenters. The van der Waals surface area contributed by atoms with Crippen LogP contribution in [0.25, 0.3) is 0 Å². The monoisotopic (exact) mass is 312 g/mol. The van der Waals surface area contributed by atoms with Crippen molar-refractivity contribution in [1.29, 1.82) is 0 Å². The first-order valence-corrected chi connectivity index (χ1v) is 6.27.